The molecule has 0 spiro atoms. The van der Waals surface area contributed by atoms with E-state index in [2.05, 4.69) is 9.97 Å². The molecule has 2 heterocycles. The van der Waals surface area contributed by atoms with Gasteiger partial charge in [-0.1, -0.05) is 0 Å². The van der Waals surface area contributed by atoms with Crippen molar-refractivity contribution in [3.63, 3.8) is 0 Å². The van der Waals surface area contributed by atoms with Gasteiger partial charge in [0.15, 0.2) is 0 Å². The number of fused-ring (bicyclic) bond motifs is 1. The number of halogens is 1. The van der Waals surface area contributed by atoms with Gasteiger partial charge in [-0.05, 0) is 24.3 Å². The fraction of sp³-hybridized carbons (Fsp3) is 0.0769. The number of pyridine rings is 1. The zero-order valence-corrected chi connectivity index (χ0v) is 9.76. The second-order valence-electron chi connectivity index (χ2n) is 4.10. The molecule has 3 rings (SSSR count). The Bertz CT molecular complexity index is 733. The molecule has 0 saturated heterocycles. The van der Waals surface area contributed by atoms with Gasteiger partial charge in [0.05, 0.1) is 22.8 Å². The van der Waals surface area contributed by atoms with Crippen LogP contribution in [-0.2, 0) is 7.05 Å². The number of aryl methyl sites for hydroxylation is 1. The average molecular weight is 242 g/mol. The summed E-state index contributed by atoms with van der Waals surface area (Å²) in [5.41, 5.74) is 8.24. The summed E-state index contributed by atoms with van der Waals surface area (Å²) in [4.78, 5) is 8.45. The van der Waals surface area contributed by atoms with E-state index in [1.807, 2.05) is 7.05 Å². The summed E-state index contributed by atoms with van der Waals surface area (Å²) in [6, 6.07) is 6.26. The maximum Gasteiger partial charge on any atom is 0.143 e. The Balaban J connectivity index is 2.31. The molecule has 0 atom stereocenters. The molecule has 0 aliphatic rings. The molecule has 0 aliphatic carbocycles. The van der Waals surface area contributed by atoms with E-state index in [4.69, 9.17) is 5.73 Å². The number of nitrogen functional groups attached to an aromatic ring is 1. The lowest BCUT2D eigenvalue weighted by Gasteiger charge is -2.04. The number of anilines is 1. The van der Waals surface area contributed by atoms with Gasteiger partial charge < -0.3 is 10.3 Å². The van der Waals surface area contributed by atoms with E-state index in [0.717, 1.165) is 11.0 Å². The van der Waals surface area contributed by atoms with Crippen molar-refractivity contribution < 1.29 is 4.39 Å². The second kappa shape index (κ2) is 3.80. The molecule has 2 aromatic heterocycles. The topological polar surface area (TPSA) is 56.7 Å². The van der Waals surface area contributed by atoms with Crippen LogP contribution >= 0.6 is 0 Å². The molecule has 0 amide bonds. The van der Waals surface area contributed by atoms with E-state index >= 15 is 0 Å². The van der Waals surface area contributed by atoms with Gasteiger partial charge in [-0.2, -0.15) is 0 Å². The van der Waals surface area contributed by atoms with E-state index in [9.17, 15) is 4.39 Å². The van der Waals surface area contributed by atoms with Crippen LogP contribution in [0.5, 0.6) is 0 Å². The molecule has 0 unspecified atom stereocenters. The molecule has 0 radical (unpaired) electrons. The molecular weight excluding hydrogens is 231 g/mol. The van der Waals surface area contributed by atoms with Crippen LogP contribution in [0.3, 0.4) is 0 Å². The highest BCUT2D eigenvalue weighted by Crippen LogP contribution is 2.26. The second-order valence-corrected chi connectivity index (χ2v) is 4.10. The Hall–Kier alpha value is -2.43. The molecule has 0 fully saturated rings. The van der Waals surface area contributed by atoms with Gasteiger partial charge in [-0.15, -0.1) is 0 Å². The maximum absolute atomic E-state index is 13.8. The quantitative estimate of drug-likeness (QED) is 0.666. The van der Waals surface area contributed by atoms with Gasteiger partial charge in [0.1, 0.15) is 11.6 Å². The minimum Gasteiger partial charge on any atom is -0.399 e. The summed E-state index contributed by atoms with van der Waals surface area (Å²) in [5, 5.41) is 0. The summed E-state index contributed by atoms with van der Waals surface area (Å²) < 4.78 is 15.6. The van der Waals surface area contributed by atoms with Crippen LogP contribution in [0.25, 0.3) is 22.4 Å². The van der Waals surface area contributed by atoms with Crippen LogP contribution in [-0.4, -0.2) is 14.5 Å². The number of hydrogen-bond acceptors (Lipinski definition) is 3. The van der Waals surface area contributed by atoms with Crippen molar-refractivity contribution >= 4 is 16.7 Å². The van der Waals surface area contributed by atoms with E-state index in [0.29, 0.717) is 17.1 Å². The summed E-state index contributed by atoms with van der Waals surface area (Å²) >= 11 is 0. The number of rotatable bonds is 1. The predicted molar refractivity (Wildman–Crippen MR) is 68.3 cm³/mol. The van der Waals surface area contributed by atoms with Crippen LogP contribution in [0.4, 0.5) is 10.1 Å². The lowest BCUT2D eigenvalue weighted by Crippen LogP contribution is -1.96. The smallest absolute Gasteiger partial charge is 0.143 e. The molecule has 0 aliphatic heterocycles. The third-order valence-electron chi connectivity index (χ3n) is 2.91. The monoisotopic (exact) mass is 242 g/mol. The first-order valence-electron chi connectivity index (χ1n) is 5.48. The zero-order valence-electron chi connectivity index (χ0n) is 9.76. The van der Waals surface area contributed by atoms with Gasteiger partial charge in [0.2, 0.25) is 0 Å². The van der Waals surface area contributed by atoms with E-state index in [-0.39, 0.29) is 5.82 Å². The minimum atomic E-state index is -0.337. The van der Waals surface area contributed by atoms with E-state index < -0.39 is 0 Å². The van der Waals surface area contributed by atoms with Gasteiger partial charge in [0, 0.05) is 18.9 Å². The van der Waals surface area contributed by atoms with Crippen molar-refractivity contribution in [3.8, 4) is 11.4 Å². The lowest BCUT2D eigenvalue weighted by atomic mass is 10.2. The van der Waals surface area contributed by atoms with Crippen molar-refractivity contribution in [2.45, 2.75) is 0 Å². The first-order valence-corrected chi connectivity index (χ1v) is 5.48. The summed E-state index contributed by atoms with van der Waals surface area (Å²) in [6.45, 7) is 0. The molecule has 5 heteroatoms. The Kier molecular flexibility index (Phi) is 2.26. The molecule has 1 aromatic carbocycles. The van der Waals surface area contributed by atoms with Gasteiger partial charge in [-0.3, -0.25) is 4.98 Å². The zero-order chi connectivity index (χ0) is 12.7. The third kappa shape index (κ3) is 1.52. The first-order chi connectivity index (χ1) is 8.66. The molecule has 3 aromatic rings. The van der Waals surface area contributed by atoms with Gasteiger partial charge >= 0.3 is 0 Å². The van der Waals surface area contributed by atoms with Crippen LogP contribution in [0.2, 0.25) is 0 Å². The molecular formula is C13H11FN4. The number of nitrogens with two attached hydrogens (primary N) is 1. The first kappa shape index (κ1) is 10.7. The van der Waals surface area contributed by atoms with Crippen LogP contribution in [0, 0.1) is 5.82 Å². The lowest BCUT2D eigenvalue weighted by molar-refractivity contribution is 0.629. The number of hydrogen-bond donors (Lipinski definition) is 1. The average Bonchev–Trinajstić information content (AvgIpc) is 2.71. The number of benzene rings is 1. The van der Waals surface area contributed by atoms with Crippen molar-refractivity contribution in [2.75, 3.05) is 5.73 Å². The number of imidazole rings is 1. The highest BCUT2D eigenvalue weighted by molar-refractivity contribution is 5.80. The molecule has 0 bridgehead atoms. The van der Waals surface area contributed by atoms with Crippen molar-refractivity contribution in [3.05, 3.63) is 42.5 Å². The third-order valence-corrected chi connectivity index (χ3v) is 2.91. The fourth-order valence-corrected chi connectivity index (χ4v) is 1.99. The van der Waals surface area contributed by atoms with Crippen LogP contribution < -0.4 is 5.73 Å². The number of aromatic nitrogens is 3. The van der Waals surface area contributed by atoms with Crippen molar-refractivity contribution in [1.29, 1.82) is 0 Å². The van der Waals surface area contributed by atoms with Crippen molar-refractivity contribution in [2.24, 2.45) is 7.05 Å². The van der Waals surface area contributed by atoms with Crippen LogP contribution in [0.1, 0.15) is 0 Å². The minimum absolute atomic E-state index is 0.337. The highest BCUT2D eigenvalue weighted by atomic mass is 19.1. The van der Waals surface area contributed by atoms with E-state index in [1.165, 1.54) is 12.1 Å². The largest absolute Gasteiger partial charge is 0.399 e. The van der Waals surface area contributed by atoms with Gasteiger partial charge in [0.25, 0.3) is 0 Å². The molecule has 4 nitrogen and oxygen atoms in total. The Labute approximate surface area is 103 Å². The normalized spacial score (nSPS) is 11.0. The molecule has 90 valence electrons. The number of nitrogens with zero attached hydrogens (tertiary/aromatic N) is 3. The Morgan fingerprint density at radius 1 is 1.28 bits per heavy atom. The predicted octanol–water partition coefficient (Wildman–Crippen LogP) is 2.36. The maximum atomic E-state index is 13.8. The highest BCUT2D eigenvalue weighted by Gasteiger charge is 2.13. The summed E-state index contributed by atoms with van der Waals surface area (Å²) in [6.07, 6.45) is 3.37. The summed E-state index contributed by atoms with van der Waals surface area (Å²) in [5.74, 6) is 0.207. The summed E-state index contributed by atoms with van der Waals surface area (Å²) in [7, 11) is 1.83. The Morgan fingerprint density at radius 2 is 2.11 bits per heavy atom. The molecule has 2 N–H and O–H groups in total. The van der Waals surface area contributed by atoms with Crippen LogP contribution in [0.15, 0.2) is 36.7 Å². The molecule has 18 heavy (non-hydrogen) atoms. The van der Waals surface area contributed by atoms with E-state index in [1.54, 1.807) is 29.1 Å². The molecule has 0 saturated carbocycles. The SMILES string of the molecule is Cn1c(-c2cc(N)ccc2F)nc2ccncc21. The Morgan fingerprint density at radius 3 is 2.89 bits per heavy atom. The fourth-order valence-electron chi connectivity index (χ4n) is 1.99. The standard InChI is InChI=1S/C13H11FN4/c1-18-12-7-16-5-4-11(12)17-13(18)9-6-8(15)2-3-10(9)14/h2-7H,15H2,1H3. The van der Waals surface area contributed by atoms with Gasteiger partial charge in [-0.25, -0.2) is 9.37 Å². The van der Waals surface area contributed by atoms with Crippen molar-refractivity contribution in [1.82, 2.24) is 14.5 Å².